The Kier molecular flexibility index (Phi) is 3.84. The summed E-state index contributed by atoms with van der Waals surface area (Å²) in [5.74, 6) is 0.952. The Labute approximate surface area is 129 Å². The molecule has 4 heteroatoms. The van der Waals surface area contributed by atoms with Crippen LogP contribution in [0.2, 0.25) is 0 Å². The molecule has 4 nitrogen and oxygen atoms in total. The lowest BCUT2D eigenvalue weighted by molar-refractivity contribution is 0.0950. The molecule has 0 aliphatic heterocycles. The van der Waals surface area contributed by atoms with E-state index in [1.165, 1.54) is 0 Å². The second-order valence-corrected chi connectivity index (χ2v) is 6.17. The molecule has 0 bridgehead atoms. The Balaban J connectivity index is 1.77. The fourth-order valence-corrected chi connectivity index (χ4v) is 2.64. The number of carbonyl (C=O) groups is 1. The Hall–Kier alpha value is -2.36. The lowest BCUT2D eigenvalue weighted by Crippen LogP contribution is -2.31. The highest BCUT2D eigenvalue weighted by molar-refractivity contribution is 5.94. The van der Waals surface area contributed by atoms with Gasteiger partial charge in [0.05, 0.1) is 0 Å². The minimum atomic E-state index is -0.347. The molecule has 3 rings (SSSR count). The fourth-order valence-electron chi connectivity index (χ4n) is 2.64. The van der Waals surface area contributed by atoms with Gasteiger partial charge >= 0.3 is 0 Å². The van der Waals surface area contributed by atoms with Gasteiger partial charge < -0.3 is 10.3 Å². The molecule has 2 unspecified atom stereocenters. The number of benzene rings is 1. The third-order valence-electron chi connectivity index (χ3n) is 4.28. The van der Waals surface area contributed by atoms with Crippen molar-refractivity contribution < 1.29 is 4.79 Å². The van der Waals surface area contributed by atoms with E-state index in [1.54, 1.807) is 12.1 Å². The molecule has 22 heavy (non-hydrogen) atoms. The number of pyridine rings is 1. The predicted octanol–water partition coefficient (Wildman–Crippen LogP) is 2.74. The van der Waals surface area contributed by atoms with Crippen LogP contribution in [0.25, 0.3) is 11.3 Å². The number of carbonyl (C=O) groups excluding carboxylic acids is 1. The van der Waals surface area contributed by atoms with Crippen molar-refractivity contribution in [3.8, 4) is 11.3 Å². The van der Waals surface area contributed by atoms with Gasteiger partial charge in [0.1, 0.15) is 5.56 Å². The molecule has 1 heterocycles. The third kappa shape index (κ3) is 3.11. The molecule has 1 saturated carbocycles. The summed E-state index contributed by atoms with van der Waals surface area (Å²) in [4.78, 5) is 27.0. The fraction of sp³-hybridized carbons (Fsp3) is 0.333. The normalized spacial score (nSPS) is 19.7. The molecule has 1 aliphatic carbocycles. The number of amides is 1. The summed E-state index contributed by atoms with van der Waals surface area (Å²) in [5, 5.41) is 2.84. The average Bonchev–Trinajstić information content (AvgIpc) is 3.20. The molecule has 2 aromatic rings. The number of hydrogen-bond acceptors (Lipinski definition) is 2. The minimum Gasteiger partial charge on any atom is -0.352 e. The van der Waals surface area contributed by atoms with E-state index in [4.69, 9.17) is 0 Å². The van der Waals surface area contributed by atoms with E-state index in [2.05, 4.69) is 17.2 Å². The van der Waals surface area contributed by atoms with E-state index in [0.717, 1.165) is 23.2 Å². The Morgan fingerprint density at radius 2 is 2.09 bits per heavy atom. The highest BCUT2D eigenvalue weighted by Gasteiger charge is 2.32. The van der Waals surface area contributed by atoms with E-state index >= 15 is 0 Å². The summed E-state index contributed by atoms with van der Waals surface area (Å²) in [6, 6.07) is 11.3. The number of aromatic amines is 1. The van der Waals surface area contributed by atoms with Crippen LogP contribution in [0.5, 0.6) is 0 Å². The molecule has 1 fully saturated rings. The Morgan fingerprint density at radius 3 is 2.73 bits per heavy atom. The van der Waals surface area contributed by atoms with Gasteiger partial charge in [0, 0.05) is 12.2 Å². The van der Waals surface area contributed by atoms with Gasteiger partial charge in [-0.05, 0) is 48.9 Å². The van der Waals surface area contributed by atoms with Crippen molar-refractivity contribution in [3.63, 3.8) is 0 Å². The van der Waals surface area contributed by atoms with Crippen LogP contribution in [0.15, 0.2) is 41.2 Å². The maximum atomic E-state index is 12.1. The lowest BCUT2D eigenvalue weighted by atomic mass is 10.1. The predicted molar refractivity (Wildman–Crippen MR) is 86.8 cm³/mol. The van der Waals surface area contributed by atoms with Gasteiger partial charge in [-0.2, -0.15) is 0 Å². The first-order valence-electron chi connectivity index (χ1n) is 7.63. The van der Waals surface area contributed by atoms with Gasteiger partial charge in [-0.25, -0.2) is 0 Å². The quantitative estimate of drug-likeness (QED) is 0.911. The van der Waals surface area contributed by atoms with E-state index in [-0.39, 0.29) is 17.0 Å². The summed E-state index contributed by atoms with van der Waals surface area (Å²) >= 11 is 0. The van der Waals surface area contributed by atoms with Gasteiger partial charge in [0.15, 0.2) is 0 Å². The van der Waals surface area contributed by atoms with E-state index in [9.17, 15) is 9.59 Å². The topological polar surface area (TPSA) is 62.0 Å². The maximum absolute atomic E-state index is 12.1. The van der Waals surface area contributed by atoms with Crippen molar-refractivity contribution in [1.82, 2.24) is 10.3 Å². The molecule has 1 aromatic heterocycles. The van der Waals surface area contributed by atoms with Crippen molar-refractivity contribution in [3.05, 3.63) is 57.9 Å². The van der Waals surface area contributed by atoms with Crippen LogP contribution in [0, 0.1) is 18.8 Å². The maximum Gasteiger partial charge on any atom is 0.261 e. The third-order valence-corrected chi connectivity index (χ3v) is 4.28. The SMILES string of the molecule is Cc1cccc(-c2ccc(C(=O)NCC3CC3C)c(=O)[nH]2)c1. The molecule has 1 aromatic carbocycles. The number of H-pyrrole nitrogens is 1. The van der Waals surface area contributed by atoms with Crippen LogP contribution in [0.1, 0.15) is 29.3 Å². The monoisotopic (exact) mass is 296 g/mol. The lowest BCUT2D eigenvalue weighted by Gasteiger charge is -2.06. The molecule has 2 N–H and O–H groups in total. The molecule has 114 valence electrons. The van der Waals surface area contributed by atoms with E-state index in [1.807, 2.05) is 31.2 Å². The zero-order valence-electron chi connectivity index (χ0n) is 12.8. The molecule has 1 aliphatic rings. The number of hydrogen-bond donors (Lipinski definition) is 2. The minimum absolute atomic E-state index is 0.171. The van der Waals surface area contributed by atoms with E-state index < -0.39 is 0 Å². The Bertz CT molecular complexity index is 764. The smallest absolute Gasteiger partial charge is 0.261 e. The van der Waals surface area contributed by atoms with Crippen LogP contribution in [0.3, 0.4) is 0 Å². The van der Waals surface area contributed by atoms with Crippen LogP contribution < -0.4 is 10.9 Å². The second kappa shape index (κ2) is 5.79. The highest BCUT2D eigenvalue weighted by Crippen LogP contribution is 2.36. The molecule has 2 atom stereocenters. The van der Waals surface area contributed by atoms with Gasteiger partial charge in [-0.3, -0.25) is 9.59 Å². The second-order valence-electron chi connectivity index (χ2n) is 6.17. The average molecular weight is 296 g/mol. The van der Waals surface area contributed by atoms with Crippen molar-refractivity contribution in [2.45, 2.75) is 20.3 Å². The molecular weight excluding hydrogens is 276 g/mol. The summed E-state index contributed by atoms with van der Waals surface area (Å²) < 4.78 is 0. The molecular formula is C18H20N2O2. The summed E-state index contributed by atoms with van der Waals surface area (Å²) in [6.45, 7) is 4.82. The number of aryl methyl sites for hydroxylation is 1. The first-order valence-corrected chi connectivity index (χ1v) is 7.63. The first kappa shape index (κ1) is 14.6. The van der Waals surface area contributed by atoms with Gasteiger partial charge in [-0.1, -0.05) is 30.7 Å². The van der Waals surface area contributed by atoms with Crippen molar-refractivity contribution in [1.29, 1.82) is 0 Å². The molecule has 1 amide bonds. The van der Waals surface area contributed by atoms with Crippen LogP contribution in [-0.4, -0.2) is 17.4 Å². The van der Waals surface area contributed by atoms with Gasteiger partial charge in [0.25, 0.3) is 11.5 Å². The van der Waals surface area contributed by atoms with E-state index in [0.29, 0.717) is 18.4 Å². The zero-order valence-corrected chi connectivity index (χ0v) is 12.8. The molecule has 0 radical (unpaired) electrons. The largest absolute Gasteiger partial charge is 0.352 e. The zero-order chi connectivity index (χ0) is 15.7. The first-order chi connectivity index (χ1) is 10.5. The molecule has 0 spiro atoms. The number of aromatic nitrogens is 1. The summed E-state index contributed by atoms with van der Waals surface area (Å²) in [7, 11) is 0. The van der Waals surface area contributed by atoms with Crippen LogP contribution >= 0.6 is 0 Å². The number of rotatable bonds is 4. The highest BCUT2D eigenvalue weighted by atomic mass is 16.2. The standard InChI is InChI=1S/C18H20N2O2/c1-11-4-3-5-13(8-11)16-7-6-15(18(22)20-16)17(21)19-10-14-9-12(14)2/h3-8,12,14H,9-10H2,1-2H3,(H,19,21)(H,20,22). The van der Waals surface area contributed by atoms with Crippen LogP contribution in [0.4, 0.5) is 0 Å². The van der Waals surface area contributed by atoms with Crippen molar-refractivity contribution in [2.75, 3.05) is 6.54 Å². The van der Waals surface area contributed by atoms with Crippen molar-refractivity contribution >= 4 is 5.91 Å². The summed E-state index contributed by atoms with van der Waals surface area (Å²) in [6.07, 6.45) is 1.16. The van der Waals surface area contributed by atoms with Crippen molar-refractivity contribution in [2.24, 2.45) is 11.8 Å². The molecule has 0 saturated heterocycles. The number of nitrogens with one attached hydrogen (secondary N) is 2. The van der Waals surface area contributed by atoms with Gasteiger partial charge in [0.2, 0.25) is 0 Å². The summed E-state index contributed by atoms with van der Waals surface area (Å²) in [5.41, 5.74) is 2.61. The van der Waals surface area contributed by atoms with Gasteiger partial charge in [-0.15, -0.1) is 0 Å². The van der Waals surface area contributed by atoms with Crippen LogP contribution in [-0.2, 0) is 0 Å². The Morgan fingerprint density at radius 1 is 1.32 bits per heavy atom.